The molecule has 0 radical (unpaired) electrons. The fourth-order valence-corrected chi connectivity index (χ4v) is 3.62. The first-order chi connectivity index (χ1) is 8.90. The highest BCUT2D eigenvalue weighted by atomic mass is 79.9. The van der Waals surface area contributed by atoms with Gasteiger partial charge in [0.15, 0.2) is 0 Å². The molecule has 1 heterocycles. The Morgan fingerprint density at radius 1 is 1.42 bits per heavy atom. The molecular weight excluding hydrogens is 322 g/mol. The van der Waals surface area contributed by atoms with Gasteiger partial charge in [-0.05, 0) is 54.1 Å². The lowest BCUT2D eigenvalue weighted by Crippen LogP contribution is -2.34. The summed E-state index contributed by atoms with van der Waals surface area (Å²) in [6.07, 6.45) is 0. The van der Waals surface area contributed by atoms with Crippen LogP contribution in [0, 0.1) is 5.92 Å². The Morgan fingerprint density at radius 2 is 2.11 bits per heavy atom. The summed E-state index contributed by atoms with van der Waals surface area (Å²) in [5.41, 5.74) is 7.81. The van der Waals surface area contributed by atoms with Crippen molar-refractivity contribution in [3.63, 3.8) is 0 Å². The molecule has 3 nitrogen and oxygen atoms in total. The van der Waals surface area contributed by atoms with Crippen LogP contribution in [0.4, 0.5) is 5.69 Å². The van der Waals surface area contributed by atoms with Crippen molar-refractivity contribution in [2.45, 2.75) is 13.0 Å². The molecule has 5 heteroatoms. The second kappa shape index (κ2) is 5.77. The third-order valence-electron chi connectivity index (χ3n) is 3.82. The number of anilines is 1. The minimum Gasteiger partial charge on any atom is -0.389 e. The lowest BCUT2D eigenvalue weighted by Gasteiger charge is -2.23. The summed E-state index contributed by atoms with van der Waals surface area (Å²) in [4.78, 5) is 5.16. The maximum absolute atomic E-state index is 5.68. The lowest BCUT2D eigenvalue weighted by molar-refractivity contribution is 0.266. The van der Waals surface area contributed by atoms with Crippen LogP contribution in [0.25, 0.3) is 0 Å². The number of rotatable bonds is 3. The van der Waals surface area contributed by atoms with Crippen molar-refractivity contribution < 1.29 is 0 Å². The first-order valence-electron chi connectivity index (χ1n) is 6.41. The number of hydrogen-bond acceptors (Lipinski definition) is 3. The van der Waals surface area contributed by atoms with Gasteiger partial charge in [-0.3, -0.25) is 0 Å². The van der Waals surface area contributed by atoms with Gasteiger partial charge in [-0.25, -0.2) is 0 Å². The van der Waals surface area contributed by atoms with Crippen LogP contribution in [0.3, 0.4) is 0 Å². The SMILES string of the molecule is CC1CN(c2ccc(C(N)=S)c(Br)c2)CC1N(C)C. The van der Waals surface area contributed by atoms with Crippen molar-refractivity contribution >= 4 is 38.8 Å². The first-order valence-corrected chi connectivity index (χ1v) is 7.61. The van der Waals surface area contributed by atoms with E-state index in [0.717, 1.165) is 23.1 Å². The van der Waals surface area contributed by atoms with E-state index in [0.29, 0.717) is 16.9 Å². The lowest BCUT2D eigenvalue weighted by atomic mass is 10.1. The highest BCUT2D eigenvalue weighted by Gasteiger charge is 2.31. The van der Waals surface area contributed by atoms with Crippen molar-refractivity contribution in [2.24, 2.45) is 11.7 Å². The van der Waals surface area contributed by atoms with Crippen LogP contribution >= 0.6 is 28.1 Å². The third kappa shape index (κ3) is 3.09. The van der Waals surface area contributed by atoms with E-state index in [1.807, 2.05) is 6.07 Å². The van der Waals surface area contributed by atoms with E-state index in [1.165, 1.54) is 5.69 Å². The molecule has 0 spiro atoms. The van der Waals surface area contributed by atoms with E-state index in [2.05, 4.69) is 58.9 Å². The van der Waals surface area contributed by atoms with Crippen LogP contribution in [0.5, 0.6) is 0 Å². The molecule has 1 aromatic rings. The smallest absolute Gasteiger partial charge is 0.105 e. The van der Waals surface area contributed by atoms with Crippen molar-refractivity contribution in [1.82, 2.24) is 4.90 Å². The second-order valence-corrected chi connectivity index (χ2v) is 6.74. The summed E-state index contributed by atoms with van der Waals surface area (Å²) in [6.45, 7) is 4.46. The average molecular weight is 342 g/mol. The Kier molecular flexibility index (Phi) is 4.48. The molecule has 1 fully saturated rings. The highest BCUT2D eigenvalue weighted by molar-refractivity contribution is 9.10. The van der Waals surface area contributed by atoms with Crippen molar-refractivity contribution in [3.05, 3.63) is 28.2 Å². The second-order valence-electron chi connectivity index (χ2n) is 5.44. The van der Waals surface area contributed by atoms with Crippen LogP contribution < -0.4 is 10.6 Å². The minimum absolute atomic E-state index is 0.430. The Bertz CT molecular complexity index is 490. The normalized spacial score (nSPS) is 23.1. The number of halogens is 1. The summed E-state index contributed by atoms with van der Waals surface area (Å²) in [5, 5.41) is 0. The monoisotopic (exact) mass is 341 g/mol. The van der Waals surface area contributed by atoms with E-state index in [-0.39, 0.29) is 0 Å². The Hall–Kier alpha value is -0.650. The third-order valence-corrected chi connectivity index (χ3v) is 4.70. The minimum atomic E-state index is 0.430. The van der Waals surface area contributed by atoms with E-state index in [1.54, 1.807) is 0 Å². The fraction of sp³-hybridized carbons (Fsp3) is 0.500. The molecule has 0 bridgehead atoms. The van der Waals surface area contributed by atoms with E-state index in [4.69, 9.17) is 18.0 Å². The van der Waals surface area contributed by atoms with Gasteiger partial charge in [0, 0.05) is 34.9 Å². The molecule has 1 aliphatic heterocycles. The highest BCUT2D eigenvalue weighted by Crippen LogP contribution is 2.29. The zero-order chi connectivity index (χ0) is 14.2. The molecule has 2 atom stereocenters. The first kappa shape index (κ1) is 14.8. The quantitative estimate of drug-likeness (QED) is 0.856. The van der Waals surface area contributed by atoms with Gasteiger partial charge < -0.3 is 15.5 Å². The van der Waals surface area contributed by atoms with E-state index < -0.39 is 0 Å². The predicted octanol–water partition coefficient (Wildman–Crippen LogP) is 2.47. The van der Waals surface area contributed by atoms with Crippen LogP contribution in [0.15, 0.2) is 22.7 Å². The van der Waals surface area contributed by atoms with Gasteiger partial charge in [0.1, 0.15) is 4.99 Å². The number of likely N-dealkylation sites (N-methyl/N-ethyl adjacent to an activating group) is 1. The topological polar surface area (TPSA) is 32.5 Å². The van der Waals surface area contributed by atoms with Crippen LogP contribution in [-0.4, -0.2) is 43.1 Å². The van der Waals surface area contributed by atoms with Gasteiger partial charge in [0.25, 0.3) is 0 Å². The summed E-state index contributed by atoms with van der Waals surface area (Å²) < 4.78 is 0.971. The van der Waals surface area contributed by atoms with Crippen molar-refractivity contribution in [3.8, 4) is 0 Å². The molecule has 2 unspecified atom stereocenters. The largest absolute Gasteiger partial charge is 0.389 e. The molecule has 2 rings (SSSR count). The molecule has 2 N–H and O–H groups in total. The molecule has 0 saturated carbocycles. The number of nitrogens with two attached hydrogens (primary N) is 1. The molecule has 0 aliphatic carbocycles. The van der Waals surface area contributed by atoms with E-state index in [9.17, 15) is 0 Å². The molecule has 1 aromatic carbocycles. The molecule has 0 aromatic heterocycles. The number of hydrogen-bond donors (Lipinski definition) is 1. The molecule has 0 amide bonds. The standard InChI is InChI=1S/C14H20BrN3S/c1-9-7-18(8-13(9)17(2)3)10-4-5-11(14(16)19)12(15)6-10/h4-6,9,13H,7-8H2,1-3H3,(H2,16,19). The van der Waals surface area contributed by atoms with Gasteiger partial charge in [0.05, 0.1) is 0 Å². The van der Waals surface area contributed by atoms with Gasteiger partial charge in [0.2, 0.25) is 0 Å². The molecule has 1 aliphatic rings. The average Bonchev–Trinajstić information content (AvgIpc) is 2.70. The molecular formula is C14H20BrN3S. The summed E-state index contributed by atoms with van der Waals surface area (Å²) in [7, 11) is 4.30. The maximum Gasteiger partial charge on any atom is 0.105 e. The summed E-state index contributed by atoms with van der Waals surface area (Å²) in [6, 6.07) is 6.81. The Balaban J connectivity index is 2.20. The summed E-state index contributed by atoms with van der Waals surface area (Å²) in [5.74, 6) is 0.670. The number of nitrogens with zero attached hydrogens (tertiary/aromatic N) is 2. The summed E-state index contributed by atoms with van der Waals surface area (Å²) >= 11 is 8.58. The van der Waals surface area contributed by atoms with Gasteiger partial charge in [-0.2, -0.15) is 0 Å². The Morgan fingerprint density at radius 3 is 2.58 bits per heavy atom. The van der Waals surface area contributed by atoms with E-state index >= 15 is 0 Å². The number of thiocarbonyl (C=S) groups is 1. The zero-order valence-corrected chi connectivity index (χ0v) is 14.0. The zero-order valence-electron chi connectivity index (χ0n) is 11.6. The van der Waals surface area contributed by atoms with Gasteiger partial charge in [-0.15, -0.1) is 0 Å². The molecule has 104 valence electrons. The fourth-order valence-electron chi connectivity index (χ4n) is 2.73. The van der Waals surface area contributed by atoms with Crippen molar-refractivity contribution in [1.29, 1.82) is 0 Å². The van der Waals surface area contributed by atoms with Crippen LogP contribution in [0.1, 0.15) is 12.5 Å². The van der Waals surface area contributed by atoms with Crippen molar-refractivity contribution in [2.75, 3.05) is 32.1 Å². The molecule has 1 saturated heterocycles. The van der Waals surface area contributed by atoms with Gasteiger partial charge >= 0.3 is 0 Å². The predicted molar refractivity (Wildman–Crippen MR) is 88.9 cm³/mol. The van der Waals surface area contributed by atoms with Crippen LogP contribution in [0.2, 0.25) is 0 Å². The number of benzene rings is 1. The molecule has 19 heavy (non-hydrogen) atoms. The Labute approximate surface area is 128 Å². The maximum atomic E-state index is 5.68. The van der Waals surface area contributed by atoms with Crippen LogP contribution in [-0.2, 0) is 0 Å². The van der Waals surface area contributed by atoms with Gasteiger partial charge in [-0.1, -0.05) is 19.1 Å².